The van der Waals surface area contributed by atoms with Crippen molar-refractivity contribution >= 4 is 17.1 Å². The number of aromatic amines is 1. The van der Waals surface area contributed by atoms with E-state index in [-0.39, 0.29) is 6.03 Å². The van der Waals surface area contributed by atoms with Crippen LogP contribution >= 0.6 is 0 Å². The summed E-state index contributed by atoms with van der Waals surface area (Å²) >= 11 is 0. The molecule has 2 amide bonds. The Morgan fingerprint density at radius 1 is 1.46 bits per heavy atom. The van der Waals surface area contributed by atoms with Crippen LogP contribution in [0.2, 0.25) is 0 Å². The maximum absolute atomic E-state index is 12.3. The van der Waals surface area contributed by atoms with Gasteiger partial charge in [-0.3, -0.25) is 0 Å². The van der Waals surface area contributed by atoms with Crippen LogP contribution in [0.1, 0.15) is 25.1 Å². The van der Waals surface area contributed by atoms with Crippen LogP contribution in [0.25, 0.3) is 11.0 Å². The molecule has 1 aliphatic rings. The van der Waals surface area contributed by atoms with Crippen molar-refractivity contribution < 1.29 is 9.53 Å². The van der Waals surface area contributed by atoms with Crippen LogP contribution in [-0.2, 0) is 11.2 Å². The predicted molar refractivity (Wildman–Crippen MR) is 94.0 cm³/mol. The van der Waals surface area contributed by atoms with Gasteiger partial charge >= 0.3 is 6.03 Å². The number of aryl methyl sites for hydroxylation is 1. The van der Waals surface area contributed by atoms with Crippen molar-refractivity contribution in [2.75, 3.05) is 33.4 Å². The molecule has 6 nitrogen and oxygen atoms in total. The van der Waals surface area contributed by atoms with Crippen molar-refractivity contribution in [1.82, 2.24) is 20.2 Å². The number of fused-ring (bicyclic) bond motifs is 1. The number of methoxy groups -OCH3 is 1. The number of nitrogens with one attached hydrogen (secondary N) is 2. The molecule has 2 heterocycles. The molecular weight excluding hydrogens is 304 g/mol. The molecule has 1 saturated heterocycles. The molecule has 130 valence electrons. The van der Waals surface area contributed by atoms with Crippen LogP contribution in [0.5, 0.6) is 0 Å². The fourth-order valence-electron chi connectivity index (χ4n) is 3.31. The van der Waals surface area contributed by atoms with E-state index in [0.29, 0.717) is 12.5 Å². The van der Waals surface area contributed by atoms with Crippen LogP contribution in [0.4, 0.5) is 4.79 Å². The monoisotopic (exact) mass is 330 g/mol. The Bertz CT molecular complexity index is 635. The molecule has 24 heavy (non-hydrogen) atoms. The molecule has 1 aromatic heterocycles. The molecule has 1 fully saturated rings. The Hall–Kier alpha value is -2.08. The number of para-hydroxylation sites is 2. The number of likely N-dealkylation sites (tertiary alicyclic amines) is 1. The van der Waals surface area contributed by atoms with Gasteiger partial charge in [-0.25, -0.2) is 9.78 Å². The first-order valence-electron chi connectivity index (χ1n) is 8.71. The van der Waals surface area contributed by atoms with Crippen molar-refractivity contribution in [1.29, 1.82) is 0 Å². The Balaban J connectivity index is 1.40. The second-order valence-corrected chi connectivity index (χ2v) is 6.45. The molecule has 6 heteroatoms. The molecule has 2 N–H and O–H groups in total. The molecule has 0 saturated carbocycles. The van der Waals surface area contributed by atoms with Gasteiger partial charge in [0, 0.05) is 39.1 Å². The van der Waals surface area contributed by atoms with E-state index in [9.17, 15) is 4.79 Å². The third-order valence-electron chi connectivity index (χ3n) is 4.51. The topological polar surface area (TPSA) is 70.2 Å². The second kappa shape index (κ2) is 8.15. The number of hydrogen-bond donors (Lipinski definition) is 2. The average molecular weight is 330 g/mol. The van der Waals surface area contributed by atoms with Gasteiger partial charge in [-0.2, -0.15) is 0 Å². The number of rotatable bonds is 6. The lowest BCUT2D eigenvalue weighted by atomic mass is 9.99. The van der Waals surface area contributed by atoms with Gasteiger partial charge < -0.3 is 19.9 Å². The number of nitrogens with zero attached hydrogens (tertiary/aromatic N) is 2. The van der Waals surface area contributed by atoms with Crippen LogP contribution < -0.4 is 5.32 Å². The maximum Gasteiger partial charge on any atom is 0.317 e. The normalized spacial score (nSPS) is 18.0. The van der Waals surface area contributed by atoms with E-state index in [4.69, 9.17) is 4.74 Å². The third-order valence-corrected chi connectivity index (χ3v) is 4.51. The zero-order valence-electron chi connectivity index (χ0n) is 14.3. The first-order valence-corrected chi connectivity index (χ1v) is 8.71. The molecule has 0 spiro atoms. The van der Waals surface area contributed by atoms with Gasteiger partial charge in [-0.15, -0.1) is 0 Å². The summed E-state index contributed by atoms with van der Waals surface area (Å²) in [6, 6.07) is 8.06. The Morgan fingerprint density at radius 2 is 2.33 bits per heavy atom. The number of amides is 2. The van der Waals surface area contributed by atoms with Crippen molar-refractivity contribution in [2.45, 2.75) is 25.7 Å². The summed E-state index contributed by atoms with van der Waals surface area (Å²) in [4.78, 5) is 22.0. The van der Waals surface area contributed by atoms with Crippen LogP contribution in [0.3, 0.4) is 0 Å². The molecule has 0 radical (unpaired) electrons. The van der Waals surface area contributed by atoms with E-state index < -0.39 is 0 Å². The van der Waals surface area contributed by atoms with E-state index in [1.807, 2.05) is 29.2 Å². The Kier molecular flexibility index (Phi) is 5.69. The van der Waals surface area contributed by atoms with Gasteiger partial charge in [-0.05, 0) is 31.4 Å². The highest BCUT2D eigenvalue weighted by atomic mass is 16.5. The number of H-pyrrole nitrogens is 1. The number of benzene rings is 1. The minimum absolute atomic E-state index is 0.0420. The summed E-state index contributed by atoms with van der Waals surface area (Å²) in [6.07, 6.45) is 3.91. The Labute approximate surface area is 142 Å². The molecule has 3 rings (SSSR count). The minimum atomic E-state index is 0.0420. The van der Waals surface area contributed by atoms with Crippen LogP contribution in [-0.4, -0.2) is 54.2 Å². The van der Waals surface area contributed by atoms with Crippen molar-refractivity contribution in [2.24, 2.45) is 5.92 Å². The van der Waals surface area contributed by atoms with Crippen molar-refractivity contribution in [3.63, 3.8) is 0 Å². The number of hydrogen-bond acceptors (Lipinski definition) is 3. The zero-order chi connectivity index (χ0) is 16.8. The highest BCUT2D eigenvalue weighted by molar-refractivity contribution is 5.75. The highest BCUT2D eigenvalue weighted by Crippen LogP contribution is 2.16. The highest BCUT2D eigenvalue weighted by Gasteiger charge is 2.23. The van der Waals surface area contributed by atoms with E-state index in [0.717, 1.165) is 62.2 Å². The van der Waals surface area contributed by atoms with Gasteiger partial charge in [0.05, 0.1) is 17.6 Å². The quantitative estimate of drug-likeness (QED) is 0.800. The predicted octanol–water partition coefficient (Wildman–Crippen LogP) is 2.56. The van der Waals surface area contributed by atoms with Gasteiger partial charge in [0.25, 0.3) is 0 Å². The summed E-state index contributed by atoms with van der Waals surface area (Å²) in [5.74, 6) is 1.44. The summed E-state index contributed by atoms with van der Waals surface area (Å²) < 4.78 is 5.21. The number of ether oxygens (including phenoxy) is 1. The number of aromatic nitrogens is 2. The summed E-state index contributed by atoms with van der Waals surface area (Å²) in [7, 11) is 1.72. The maximum atomic E-state index is 12.3. The minimum Gasteiger partial charge on any atom is -0.384 e. The zero-order valence-corrected chi connectivity index (χ0v) is 14.3. The lowest BCUT2D eigenvalue weighted by Gasteiger charge is -2.32. The smallest absolute Gasteiger partial charge is 0.317 e. The van der Waals surface area contributed by atoms with Crippen LogP contribution in [0.15, 0.2) is 24.3 Å². The van der Waals surface area contributed by atoms with Gasteiger partial charge in [0.15, 0.2) is 0 Å². The van der Waals surface area contributed by atoms with Gasteiger partial charge in [0.2, 0.25) is 0 Å². The first-order chi connectivity index (χ1) is 11.8. The number of urea groups is 1. The lowest BCUT2D eigenvalue weighted by Crippen LogP contribution is -2.46. The molecule has 1 aromatic carbocycles. The van der Waals surface area contributed by atoms with E-state index in [2.05, 4.69) is 15.3 Å². The number of carbonyl (C=O) groups excluding carboxylic acids is 1. The molecular formula is C18H26N4O2. The molecule has 0 unspecified atom stereocenters. The van der Waals surface area contributed by atoms with Crippen LogP contribution in [0, 0.1) is 5.92 Å². The summed E-state index contributed by atoms with van der Waals surface area (Å²) in [5, 5.41) is 3.02. The number of imidazole rings is 1. The number of carbonyl (C=O) groups is 1. The molecule has 0 bridgehead atoms. The van der Waals surface area contributed by atoms with Crippen molar-refractivity contribution in [3.8, 4) is 0 Å². The largest absolute Gasteiger partial charge is 0.384 e. The van der Waals surface area contributed by atoms with Gasteiger partial charge in [-0.1, -0.05) is 12.1 Å². The van der Waals surface area contributed by atoms with E-state index in [1.165, 1.54) is 0 Å². The standard InChI is InChI=1S/C18H26N4O2/c1-24-13-14-6-5-11-22(12-14)18(23)19-10-4-9-17-20-15-7-2-3-8-16(15)21-17/h2-3,7-8,14H,4-6,9-13H2,1H3,(H,19,23)(H,20,21)/t14-/m1/s1. The average Bonchev–Trinajstić information content (AvgIpc) is 3.02. The molecule has 0 aliphatic carbocycles. The Morgan fingerprint density at radius 3 is 3.17 bits per heavy atom. The molecule has 1 aliphatic heterocycles. The first kappa shape index (κ1) is 16.8. The molecule has 1 atom stereocenters. The van der Waals surface area contributed by atoms with Crippen molar-refractivity contribution in [3.05, 3.63) is 30.1 Å². The second-order valence-electron chi connectivity index (χ2n) is 6.45. The summed E-state index contributed by atoms with van der Waals surface area (Å²) in [6.45, 7) is 3.04. The third kappa shape index (κ3) is 4.26. The van der Waals surface area contributed by atoms with E-state index in [1.54, 1.807) is 7.11 Å². The van der Waals surface area contributed by atoms with E-state index >= 15 is 0 Å². The lowest BCUT2D eigenvalue weighted by molar-refractivity contribution is 0.100. The fraction of sp³-hybridized carbons (Fsp3) is 0.556. The molecule has 2 aromatic rings. The SMILES string of the molecule is COC[C@@H]1CCCN(C(=O)NCCCc2nc3ccccc3[nH]2)C1. The fourth-order valence-corrected chi connectivity index (χ4v) is 3.31. The van der Waals surface area contributed by atoms with Gasteiger partial charge in [0.1, 0.15) is 5.82 Å². The number of piperidine rings is 1. The summed E-state index contributed by atoms with van der Waals surface area (Å²) in [5.41, 5.74) is 2.06.